The molecule has 0 saturated carbocycles. The fourth-order valence-electron chi connectivity index (χ4n) is 2.54. The number of ether oxygens (including phenoxy) is 1. The molecule has 24 heavy (non-hydrogen) atoms. The van der Waals surface area contributed by atoms with E-state index in [9.17, 15) is 4.79 Å². The number of aryl methyl sites for hydroxylation is 1. The van der Waals surface area contributed by atoms with Crippen LogP contribution in [-0.4, -0.2) is 24.3 Å². The fourth-order valence-corrected chi connectivity index (χ4v) is 2.54. The summed E-state index contributed by atoms with van der Waals surface area (Å²) in [4.78, 5) is 17.9. The van der Waals surface area contributed by atoms with Crippen LogP contribution in [0.3, 0.4) is 0 Å². The summed E-state index contributed by atoms with van der Waals surface area (Å²) in [6.07, 6.45) is 9.38. The van der Waals surface area contributed by atoms with Gasteiger partial charge in [-0.2, -0.15) is 0 Å². The van der Waals surface area contributed by atoms with Gasteiger partial charge in [0, 0.05) is 0 Å². The molecular formula is C20H33NO3. The summed E-state index contributed by atoms with van der Waals surface area (Å²) >= 11 is 0. The summed E-state index contributed by atoms with van der Waals surface area (Å²) in [5.41, 5.74) is 1.00. The van der Waals surface area contributed by atoms with Crippen LogP contribution in [-0.2, 0) is 4.74 Å². The van der Waals surface area contributed by atoms with Gasteiger partial charge in [-0.05, 0) is 31.9 Å². The molecule has 0 saturated heterocycles. The SMILES string of the molecule is CCCCCCCCCCN(Oc1ccccc1C)C(=O)OCC. The summed E-state index contributed by atoms with van der Waals surface area (Å²) < 4.78 is 5.10. The quantitative estimate of drug-likeness (QED) is 0.353. The maximum absolute atomic E-state index is 12.1. The van der Waals surface area contributed by atoms with Gasteiger partial charge in [0.1, 0.15) is 0 Å². The zero-order valence-corrected chi connectivity index (χ0v) is 15.6. The van der Waals surface area contributed by atoms with Gasteiger partial charge in [-0.1, -0.05) is 70.1 Å². The van der Waals surface area contributed by atoms with E-state index in [0.29, 0.717) is 18.9 Å². The number of hydroxylamine groups is 2. The largest absolute Gasteiger partial charge is 0.448 e. The van der Waals surface area contributed by atoms with Crippen LogP contribution in [0.4, 0.5) is 4.79 Å². The van der Waals surface area contributed by atoms with E-state index < -0.39 is 6.09 Å². The standard InChI is InChI=1S/C20H33NO3/c1-4-6-7-8-9-10-11-14-17-21(20(22)23-5-2)24-19-16-13-12-15-18(19)3/h12-13,15-16H,4-11,14,17H2,1-3H3. The zero-order valence-electron chi connectivity index (χ0n) is 15.6. The number of carbonyl (C=O) groups is 1. The van der Waals surface area contributed by atoms with Crippen molar-refractivity contribution in [2.75, 3.05) is 13.2 Å². The number of benzene rings is 1. The van der Waals surface area contributed by atoms with Gasteiger partial charge in [-0.15, -0.1) is 5.06 Å². The maximum atomic E-state index is 12.1. The molecule has 0 unspecified atom stereocenters. The van der Waals surface area contributed by atoms with Gasteiger partial charge in [0.25, 0.3) is 0 Å². The Morgan fingerprint density at radius 3 is 2.21 bits per heavy atom. The second-order valence-electron chi connectivity index (χ2n) is 6.13. The minimum atomic E-state index is -0.413. The third-order valence-corrected chi connectivity index (χ3v) is 3.99. The van der Waals surface area contributed by atoms with Crippen molar-refractivity contribution in [1.29, 1.82) is 0 Å². The summed E-state index contributed by atoms with van der Waals surface area (Å²) in [5.74, 6) is 0.699. The minimum Gasteiger partial charge on any atom is -0.448 e. The molecule has 1 aromatic rings. The van der Waals surface area contributed by atoms with E-state index in [4.69, 9.17) is 9.57 Å². The van der Waals surface area contributed by atoms with E-state index in [1.54, 1.807) is 6.92 Å². The number of rotatable bonds is 12. The molecule has 1 rings (SSSR count). The van der Waals surface area contributed by atoms with Crippen molar-refractivity contribution in [3.63, 3.8) is 0 Å². The molecule has 0 bridgehead atoms. The van der Waals surface area contributed by atoms with Crippen molar-refractivity contribution in [2.24, 2.45) is 0 Å². The number of unbranched alkanes of at least 4 members (excludes halogenated alkanes) is 7. The topological polar surface area (TPSA) is 38.8 Å². The Balaban J connectivity index is 2.37. The van der Waals surface area contributed by atoms with Gasteiger partial charge in [-0.3, -0.25) is 0 Å². The molecule has 0 fully saturated rings. The Labute approximate surface area is 147 Å². The second kappa shape index (κ2) is 12.7. The Morgan fingerprint density at radius 2 is 1.58 bits per heavy atom. The highest BCUT2D eigenvalue weighted by Crippen LogP contribution is 2.18. The molecule has 0 N–H and O–H groups in total. The van der Waals surface area contributed by atoms with Gasteiger partial charge >= 0.3 is 6.09 Å². The van der Waals surface area contributed by atoms with Gasteiger partial charge < -0.3 is 9.57 Å². The van der Waals surface area contributed by atoms with Crippen molar-refractivity contribution < 1.29 is 14.4 Å². The van der Waals surface area contributed by atoms with E-state index in [-0.39, 0.29) is 0 Å². The highest BCUT2D eigenvalue weighted by molar-refractivity contribution is 5.66. The fraction of sp³-hybridized carbons (Fsp3) is 0.650. The van der Waals surface area contributed by atoms with Crippen LogP contribution in [0.1, 0.15) is 70.8 Å². The van der Waals surface area contributed by atoms with Crippen molar-refractivity contribution in [3.05, 3.63) is 29.8 Å². The first-order valence-electron chi connectivity index (χ1n) is 9.37. The van der Waals surface area contributed by atoms with E-state index >= 15 is 0 Å². The van der Waals surface area contributed by atoms with Crippen LogP contribution in [0.15, 0.2) is 24.3 Å². The van der Waals surface area contributed by atoms with Gasteiger partial charge in [0.05, 0.1) is 13.2 Å². The zero-order chi connectivity index (χ0) is 17.6. The summed E-state index contributed by atoms with van der Waals surface area (Å²) in [7, 11) is 0. The molecule has 0 aromatic heterocycles. The molecule has 1 amide bonds. The lowest BCUT2D eigenvalue weighted by Gasteiger charge is -2.22. The van der Waals surface area contributed by atoms with Crippen molar-refractivity contribution >= 4 is 6.09 Å². The summed E-state index contributed by atoms with van der Waals surface area (Å²) in [6, 6.07) is 7.70. The molecule has 0 heterocycles. The van der Waals surface area contributed by atoms with E-state index in [2.05, 4.69) is 6.92 Å². The third kappa shape index (κ3) is 8.23. The molecule has 0 spiro atoms. The molecule has 0 aliphatic heterocycles. The lowest BCUT2D eigenvalue weighted by molar-refractivity contribution is -0.0483. The average molecular weight is 335 g/mol. The number of hydrogen-bond donors (Lipinski definition) is 0. The van der Waals surface area contributed by atoms with E-state index in [0.717, 1.165) is 18.4 Å². The van der Waals surface area contributed by atoms with Crippen LogP contribution in [0.25, 0.3) is 0 Å². The van der Waals surface area contributed by atoms with Crippen molar-refractivity contribution in [1.82, 2.24) is 5.06 Å². The lowest BCUT2D eigenvalue weighted by atomic mass is 10.1. The molecule has 136 valence electrons. The van der Waals surface area contributed by atoms with Crippen LogP contribution < -0.4 is 4.84 Å². The molecule has 0 aliphatic rings. The smallest absolute Gasteiger partial charge is 0.443 e. The second-order valence-corrected chi connectivity index (χ2v) is 6.13. The van der Waals surface area contributed by atoms with Crippen LogP contribution in [0.5, 0.6) is 5.75 Å². The summed E-state index contributed by atoms with van der Waals surface area (Å²) in [5, 5.41) is 1.35. The number of hydrogen-bond acceptors (Lipinski definition) is 3. The molecule has 4 heteroatoms. The normalized spacial score (nSPS) is 10.5. The molecule has 1 aromatic carbocycles. The predicted molar refractivity (Wildman–Crippen MR) is 98.1 cm³/mol. The minimum absolute atomic E-state index is 0.351. The monoisotopic (exact) mass is 335 g/mol. The van der Waals surface area contributed by atoms with Crippen LogP contribution in [0.2, 0.25) is 0 Å². The lowest BCUT2D eigenvalue weighted by Crippen LogP contribution is -2.35. The molecule has 4 nitrogen and oxygen atoms in total. The highest BCUT2D eigenvalue weighted by atomic mass is 16.7. The van der Waals surface area contributed by atoms with Crippen LogP contribution >= 0.6 is 0 Å². The van der Waals surface area contributed by atoms with E-state index in [1.165, 1.54) is 43.6 Å². The highest BCUT2D eigenvalue weighted by Gasteiger charge is 2.17. The Kier molecular flexibility index (Phi) is 10.7. The summed E-state index contributed by atoms with van der Waals surface area (Å²) in [6.45, 7) is 6.92. The number of nitrogens with zero attached hydrogens (tertiary/aromatic N) is 1. The predicted octanol–water partition coefficient (Wildman–Crippen LogP) is 5.89. The van der Waals surface area contributed by atoms with E-state index in [1.807, 2.05) is 31.2 Å². The molecular weight excluding hydrogens is 302 g/mol. The molecule has 0 aliphatic carbocycles. The van der Waals surface area contributed by atoms with Crippen LogP contribution in [0, 0.1) is 6.92 Å². The Hall–Kier alpha value is -1.71. The number of amides is 1. The van der Waals surface area contributed by atoms with Gasteiger partial charge in [0.2, 0.25) is 0 Å². The Morgan fingerprint density at radius 1 is 0.958 bits per heavy atom. The van der Waals surface area contributed by atoms with Gasteiger partial charge in [-0.25, -0.2) is 4.79 Å². The Bertz CT molecular complexity index is 462. The van der Waals surface area contributed by atoms with Crippen molar-refractivity contribution in [2.45, 2.75) is 72.1 Å². The molecule has 0 atom stereocenters. The first-order valence-corrected chi connectivity index (χ1v) is 9.37. The average Bonchev–Trinajstić information content (AvgIpc) is 2.58. The number of carbonyl (C=O) groups excluding carboxylic acids is 1. The third-order valence-electron chi connectivity index (χ3n) is 3.99. The van der Waals surface area contributed by atoms with Gasteiger partial charge in [0.15, 0.2) is 5.75 Å². The molecule has 0 radical (unpaired) electrons. The van der Waals surface area contributed by atoms with Crippen molar-refractivity contribution in [3.8, 4) is 5.75 Å². The first-order chi connectivity index (χ1) is 11.7. The number of para-hydroxylation sites is 1. The first kappa shape index (κ1) is 20.3. The maximum Gasteiger partial charge on any atom is 0.443 e.